The molecule has 2 aromatic rings. The lowest BCUT2D eigenvalue weighted by Gasteiger charge is -2.06. The molecule has 0 bridgehead atoms. The average Bonchev–Trinajstić information content (AvgIpc) is 2.87. The molecule has 2 rings (SSSR count). The molecule has 0 unspecified atom stereocenters. The Morgan fingerprint density at radius 1 is 1.42 bits per heavy atom. The van der Waals surface area contributed by atoms with Crippen LogP contribution in [-0.2, 0) is 10.5 Å². The number of methoxy groups -OCH3 is 1. The van der Waals surface area contributed by atoms with Crippen LogP contribution in [0.5, 0.6) is 0 Å². The minimum Gasteiger partial charge on any atom is -0.463 e. The Hall–Kier alpha value is -1.88. The molecular formula is C14H15NO3S. The third kappa shape index (κ3) is 3.12. The van der Waals surface area contributed by atoms with Gasteiger partial charge in [-0.3, -0.25) is 0 Å². The van der Waals surface area contributed by atoms with Crippen LogP contribution in [0.25, 0.3) is 0 Å². The molecule has 2 N–H and O–H groups in total. The number of aryl methyl sites for hydroxylation is 1. The SMILES string of the molecule is COC(=O)c1occc1CSc1cc(C)ccc1N. The number of rotatable bonds is 4. The number of thioether (sulfide) groups is 1. The molecule has 0 aliphatic carbocycles. The molecule has 0 aliphatic rings. The molecule has 1 aromatic carbocycles. The van der Waals surface area contributed by atoms with Gasteiger partial charge in [0.25, 0.3) is 0 Å². The highest BCUT2D eigenvalue weighted by atomic mass is 32.2. The summed E-state index contributed by atoms with van der Waals surface area (Å²) < 4.78 is 9.80. The quantitative estimate of drug-likeness (QED) is 0.528. The first-order valence-corrected chi connectivity index (χ1v) is 6.74. The maximum absolute atomic E-state index is 11.5. The molecule has 0 fully saturated rings. The second-order valence-electron chi connectivity index (χ2n) is 4.10. The minimum absolute atomic E-state index is 0.251. The summed E-state index contributed by atoms with van der Waals surface area (Å²) in [6, 6.07) is 7.65. The molecule has 1 aromatic heterocycles. The van der Waals surface area contributed by atoms with Crippen molar-refractivity contribution in [2.45, 2.75) is 17.6 Å². The van der Waals surface area contributed by atoms with E-state index in [0.717, 1.165) is 21.7 Å². The van der Waals surface area contributed by atoms with Crippen LogP contribution in [0.1, 0.15) is 21.7 Å². The Labute approximate surface area is 115 Å². The number of carbonyl (C=O) groups excluding carboxylic acids is 1. The largest absolute Gasteiger partial charge is 0.463 e. The fourth-order valence-electron chi connectivity index (χ4n) is 1.64. The molecule has 0 saturated carbocycles. The maximum Gasteiger partial charge on any atom is 0.374 e. The van der Waals surface area contributed by atoms with Gasteiger partial charge < -0.3 is 14.9 Å². The standard InChI is InChI=1S/C14H15NO3S/c1-9-3-4-11(15)12(7-9)19-8-10-5-6-18-13(10)14(16)17-2/h3-7H,8,15H2,1-2H3. The molecule has 4 nitrogen and oxygen atoms in total. The summed E-state index contributed by atoms with van der Waals surface area (Å²) in [6.45, 7) is 2.02. The molecule has 19 heavy (non-hydrogen) atoms. The van der Waals surface area contributed by atoms with Crippen molar-refractivity contribution in [1.82, 2.24) is 0 Å². The number of benzene rings is 1. The predicted molar refractivity (Wildman–Crippen MR) is 75.2 cm³/mol. The molecule has 1 heterocycles. The van der Waals surface area contributed by atoms with E-state index in [2.05, 4.69) is 4.74 Å². The Bertz CT molecular complexity index is 592. The number of nitrogen functional groups attached to an aromatic ring is 1. The van der Waals surface area contributed by atoms with Gasteiger partial charge in [-0.1, -0.05) is 6.07 Å². The zero-order valence-corrected chi connectivity index (χ0v) is 11.6. The number of nitrogens with two attached hydrogens (primary N) is 1. The number of hydrogen-bond donors (Lipinski definition) is 1. The van der Waals surface area contributed by atoms with E-state index in [-0.39, 0.29) is 5.76 Å². The van der Waals surface area contributed by atoms with Crippen LogP contribution in [0, 0.1) is 6.92 Å². The van der Waals surface area contributed by atoms with Crippen molar-refractivity contribution < 1.29 is 13.9 Å². The van der Waals surface area contributed by atoms with Crippen molar-refractivity contribution >= 4 is 23.4 Å². The Morgan fingerprint density at radius 2 is 2.21 bits per heavy atom. The number of hydrogen-bond acceptors (Lipinski definition) is 5. The van der Waals surface area contributed by atoms with Crippen LogP contribution < -0.4 is 5.73 Å². The second kappa shape index (κ2) is 5.84. The fraction of sp³-hybridized carbons (Fsp3) is 0.214. The third-order valence-electron chi connectivity index (χ3n) is 2.67. The molecule has 0 aliphatic heterocycles. The van der Waals surface area contributed by atoms with Crippen LogP contribution in [0.2, 0.25) is 0 Å². The van der Waals surface area contributed by atoms with Crippen molar-refractivity contribution in [1.29, 1.82) is 0 Å². The number of furan rings is 1. The van der Waals surface area contributed by atoms with E-state index in [1.807, 2.05) is 25.1 Å². The molecular weight excluding hydrogens is 262 g/mol. The fourth-order valence-corrected chi connectivity index (χ4v) is 2.69. The average molecular weight is 277 g/mol. The molecule has 0 radical (unpaired) electrons. The van der Waals surface area contributed by atoms with Gasteiger partial charge in [-0.25, -0.2) is 4.79 Å². The number of carbonyl (C=O) groups is 1. The summed E-state index contributed by atoms with van der Waals surface area (Å²) in [5.41, 5.74) is 8.61. The Balaban J connectivity index is 2.13. The zero-order chi connectivity index (χ0) is 13.8. The summed E-state index contributed by atoms with van der Waals surface area (Å²) in [5, 5.41) is 0. The molecule has 100 valence electrons. The van der Waals surface area contributed by atoms with E-state index >= 15 is 0 Å². The van der Waals surface area contributed by atoms with Crippen molar-refractivity contribution in [3.8, 4) is 0 Å². The van der Waals surface area contributed by atoms with Crippen LogP contribution in [0.4, 0.5) is 5.69 Å². The van der Waals surface area contributed by atoms with Crippen LogP contribution in [0.3, 0.4) is 0 Å². The van der Waals surface area contributed by atoms with E-state index in [0.29, 0.717) is 5.75 Å². The van der Waals surface area contributed by atoms with Crippen LogP contribution in [0.15, 0.2) is 39.8 Å². The van der Waals surface area contributed by atoms with Gasteiger partial charge in [0.05, 0.1) is 13.4 Å². The second-order valence-corrected chi connectivity index (χ2v) is 5.11. The summed E-state index contributed by atoms with van der Waals surface area (Å²) in [6.07, 6.45) is 1.49. The lowest BCUT2D eigenvalue weighted by molar-refractivity contribution is 0.0564. The van der Waals surface area contributed by atoms with E-state index in [1.165, 1.54) is 13.4 Å². The first-order chi connectivity index (χ1) is 9.11. The van der Waals surface area contributed by atoms with E-state index in [4.69, 9.17) is 10.2 Å². The molecule has 0 amide bonds. The highest BCUT2D eigenvalue weighted by Gasteiger charge is 2.16. The predicted octanol–water partition coefficient (Wildman–Crippen LogP) is 3.25. The van der Waals surface area contributed by atoms with E-state index in [9.17, 15) is 4.79 Å². The third-order valence-corrected chi connectivity index (χ3v) is 3.79. The first kappa shape index (κ1) is 13.5. The minimum atomic E-state index is -0.460. The number of anilines is 1. The van der Waals surface area contributed by atoms with Gasteiger partial charge in [-0.2, -0.15) is 0 Å². The van der Waals surface area contributed by atoms with Crippen LogP contribution >= 0.6 is 11.8 Å². The van der Waals surface area contributed by atoms with Gasteiger partial charge in [-0.05, 0) is 30.7 Å². The summed E-state index contributed by atoms with van der Waals surface area (Å²) in [7, 11) is 1.33. The molecule has 0 atom stereocenters. The highest BCUT2D eigenvalue weighted by Crippen LogP contribution is 2.30. The number of ether oxygens (including phenoxy) is 1. The zero-order valence-electron chi connectivity index (χ0n) is 10.8. The monoisotopic (exact) mass is 277 g/mol. The van der Waals surface area contributed by atoms with Crippen molar-refractivity contribution in [3.63, 3.8) is 0 Å². The van der Waals surface area contributed by atoms with Crippen molar-refractivity contribution in [3.05, 3.63) is 47.4 Å². The smallest absolute Gasteiger partial charge is 0.374 e. The molecule has 0 saturated heterocycles. The first-order valence-electron chi connectivity index (χ1n) is 5.75. The lowest BCUT2D eigenvalue weighted by Crippen LogP contribution is -2.02. The molecule has 5 heteroatoms. The Morgan fingerprint density at radius 3 is 2.95 bits per heavy atom. The van der Waals surface area contributed by atoms with Gasteiger partial charge >= 0.3 is 5.97 Å². The van der Waals surface area contributed by atoms with E-state index < -0.39 is 5.97 Å². The van der Waals surface area contributed by atoms with Crippen LogP contribution in [-0.4, -0.2) is 13.1 Å². The van der Waals surface area contributed by atoms with E-state index in [1.54, 1.807) is 17.8 Å². The van der Waals surface area contributed by atoms with Gasteiger partial charge in [-0.15, -0.1) is 11.8 Å². The van der Waals surface area contributed by atoms with Gasteiger partial charge in [0.15, 0.2) is 0 Å². The summed E-state index contributed by atoms with van der Waals surface area (Å²) >= 11 is 1.57. The van der Waals surface area contributed by atoms with Gasteiger partial charge in [0.2, 0.25) is 5.76 Å². The summed E-state index contributed by atoms with van der Waals surface area (Å²) in [5.74, 6) is 0.397. The van der Waals surface area contributed by atoms with Gasteiger partial charge in [0, 0.05) is 21.9 Å². The number of esters is 1. The van der Waals surface area contributed by atoms with Gasteiger partial charge in [0.1, 0.15) is 0 Å². The van der Waals surface area contributed by atoms with Crippen molar-refractivity contribution in [2.75, 3.05) is 12.8 Å². The highest BCUT2D eigenvalue weighted by molar-refractivity contribution is 7.98. The summed E-state index contributed by atoms with van der Waals surface area (Å²) in [4.78, 5) is 12.5. The topological polar surface area (TPSA) is 65.5 Å². The maximum atomic E-state index is 11.5. The van der Waals surface area contributed by atoms with Crippen molar-refractivity contribution in [2.24, 2.45) is 0 Å². The normalized spacial score (nSPS) is 10.4. The molecule has 0 spiro atoms. The lowest BCUT2D eigenvalue weighted by atomic mass is 10.2. The Kier molecular flexibility index (Phi) is 4.16.